The Hall–Kier alpha value is -0.450. The number of hydrogen-bond acceptors (Lipinski definition) is 4. The number of aromatic nitrogens is 1. The number of nitrogens with one attached hydrogen (secondary N) is 1. The Morgan fingerprint density at radius 3 is 3.19 bits per heavy atom. The Kier molecular flexibility index (Phi) is 4.75. The van der Waals surface area contributed by atoms with Gasteiger partial charge in [-0.25, -0.2) is 4.98 Å². The van der Waals surface area contributed by atoms with E-state index in [9.17, 15) is 0 Å². The highest BCUT2D eigenvalue weighted by molar-refractivity contribution is 7.09. The van der Waals surface area contributed by atoms with Gasteiger partial charge in [0.05, 0.1) is 11.1 Å². The van der Waals surface area contributed by atoms with E-state index in [0.717, 1.165) is 19.4 Å². The molecule has 2 atom stereocenters. The average Bonchev–Trinajstić information content (AvgIpc) is 2.82. The molecule has 1 fully saturated rings. The van der Waals surface area contributed by atoms with E-state index in [2.05, 4.69) is 10.3 Å². The van der Waals surface area contributed by atoms with Gasteiger partial charge in [-0.15, -0.1) is 11.3 Å². The van der Waals surface area contributed by atoms with E-state index in [-0.39, 0.29) is 0 Å². The van der Waals surface area contributed by atoms with Gasteiger partial charge < -0.3 is 10.1 Å². The number of ether oxygens (including phenoxy) is 1. The van der Waals surface area contributed by atoms with Crippen LogP contribution in [-0.2, 0) is 11.2 Å². The minimum atomic E-state index is 0.450. The van der Waals surface area contributed by atoms with Gasteiger partial charge >= 0.3 is 0 Å². The van der Waals surface area contributed by atoms with Crippen molar-refractivity contribution in [3.05, 3.63) is 16.6 Å². The van der Waals surface area contributed by atoms with Crippen molar-refractivity contribution in [1.29, 1.82) is 0 Å². The largest absolute Gasteiger partial charge is 0.378 e. The maximum absolute atomic E-state index is 5.77. The predicted molar refractivity (Wildman–Crippen MR) is 66.9 cm³/mol. The van der Waals surface area contributed by atoms with Gasteiger partial charge in [-0.05, 0) is 32.7 Å². The third kappa shape index (κ3) is 3.54. The van der Waals surface area contributed by atoms with Gasteiger partial charge in [0.1, 0.15) is 0 Å². The fourth-order valence-corrected chi connectivity index (χ4v) is 2.88. The van der Waals surface area contributed by atoms with E-state index in [4.69, 9.17) is 4.74 Å². The highest BCUT2D eigenvalue weighted by atomic mass is 32.1. The number of rotatable bonds is 5. The van der Waals surface area contributed by atoms with Gasteiger partial charge in [-0.2, -0.15) is 0 Å². The second-order valence-corrected chi connectivity index (χ2v) is 5.32. The summed E-state index contributed by atoms with van der Waals surface area (Å²) in [6, 6.07) is 0.495. The number of likely N-dealkylation sites (N-methyl/N-ethyl adjacent to an activating group) is 1. The molecule has 1 aliphatic rings. The van der Waals surface area contributed by atoms with Gasteiger partial charge in [-0.3, -0.25) is 0 Å². The van der Waals surface area contributed by atoms with Crippen molar-refractivity contribution in [1.82, 2.24) is 10.3 Å². The van der Waals surface area contributed by atoms with E-state index >= 15 is 0 Å². The third-order valence-electron chi connectivity index (χ3n) is 3.13. The SMILES string of the molecule is CNC(Cc1nccs1)CC1CCCCO1. The molecule has 1 aromatic rings. The molecule has 1 aliphatic heterocycles. The van der Waals surface area contributed by atoms with E-state index in [1.54, 1.807) is 11.3 Å². The summed E-state index contributed by atoms with van der Waals surface area (Å²) in [6.45, 7) is 0.943. The van der Waals surface area contributed by atoms with Gasteiger partial charge in [0.15, 0.2) is 0 Å². The Labute approximate surface area is 101 Å². The van der Waals surface area contributed by atoms with Crippen LogP contribution in [0.3, 0.4) is 0 Å². The molecular formula is C12H20N2OS. The minimum Gasteiger partial charge on any atom is -0.378 e. The van der Waals surface area contributed by atoms with E-state index in [0.29, 0.717) is 12.1 Å². The molecule has 16 heavy (non-hydrogen) atoms. The summed E-state index contributed by atoms with van der Waals surface area (Å²) in [5, 5.41) is 6.63. The molecule has 1 N–H and O–H groups in total. The van der Waals surface area contributed by atoms with E-state index in [1.807, 2.05) is 18.6 Å². The molecule has 2 rings (SSSR count). The molecule has 4 heteroatoms. The molecule has 0 aliphatic carbocycles. The second kappa shape index (κ2) is 6.33. The van der Waals surface area contributed by atoms with Crippen LogP contribution < -0.4 is 5.32 Å². The first-order chi connectivity index (χ1) is 7.88. The van der Waals surface area contributed by atoms with Gasteiger partial charge in [0.25, 0.3) is 0 Å². The molecule has 0 bridgehead atoms. The first-order valence-corrected chi connectivity index (χ1v) is 6.93. The highest BCUT2D eigenvalue weighted by Crippen LogP contribution is 2.19. The lowest BCUT2D eigenvalue weighted by molar-refractivity contribution is 0.00568. The van der Waals surface area contributed by atoms with E-state index in [1.165, 1.54) is 24.3 Å². The van der Waals surface area contributed by atoms with Crippen LogP contribution in [0.25, 0.3) is 0 Å². The molecule has 0 spiro atoms. The zero-order chi connectivity index (χ0) is 11.2. The van der Waals surface area contributed by atoms with Crippen LogP contribution in [0.15, 0.2) is 11.6 Å². The van der Waals surface area contributed by atoms with Gasteiger partial charge in [0.2, 0.25) is 0 Å². The maximum Gasteiger partial charge on any atom is 0.0940 e. The highest BCUT2D eigenvalue weighted by Gasteiger charge is 2.19. The van der Waals surface area contributed by atoms with Crippen LogP contribution in [0.4, 0.5) is 0 Å². The van der Waals surface area contributed by atoms with Crippen LogP contribution in [0.2, 0.25) is 0 Å². The van der Waals surface area contributed by atoms with Crippen molar-refractivity contribution >= 4 is 11.3 Å². The molecule has 1 saturated heterocycles. The number of hydrogen-bond donors (Lipinski definition) is 1. The molecule has 0 radical (unpaired) electrons. The Morgan fingerprint density at radius 1 is 1.62 bits per heavy atom. The van der Waals surface area contributed by atoms with Crippen LogP contribution in [0.1, 0.15) is 30.7 Å². The van der Waals surface area contributed by atoms with Gasteiger partial charge in [0, 0.05) is 30.6 Å². The van der Waals surface area contributed by atoms with Crippen LogP contribution in [0.5, 0.6) is 0 Å². The standard InChI is InChI=1S/C12H20N2OS/c1-13-10(9-12-14-5-7-16-12)8-11-4-2-3-6-15-11/h5,7,10-11,13H,2-4,6,8-9H2,1H3. The van der Waals surface area contributed by atoms with Crippen molar-refractivity contribution < 1.29 is 4.74 Å². The lowest BCUT2D eigenvalue weighted by Crippen LogP contribution is -2.34. The molecule has 0 aromatic carbocycles. The first kappa shape index (κ1) is 12.0. The third-order valence-corrected chi connectivity index (χ3v) is 3.94. The quantitative estimate of drug-likeness (QED) is 0.857. The van der Waals surface area contributed by atoms with E-state index < -0.39 is 0 Å². The average molecular weight is 240 g/mol. The summed E-state index contributed by atoms with van der Waals surface area (Å²) >= 11 is 1.74. The minimum absolute atomic E-state index is 0.450. The lowest BCUT2D eigenvalue weighted by Gasteiger charge is -2.26. The molecule has 2 heterocycles. The zero-order valence-corrected chi connectivity index (χ0v) is 10.6. The normalized spacial score (nSPS) is 23.2. The van der Waals surface area contributed by atoms with Crippen molar-refractivity contribution in [2.24, 2.45) is 0 Å². The smallest absolute Gasteiger partial charge is 0.0940 e. The molecule has 2 unspecified atom stereocenters. The molecule has 0 saturated carbocycles. The summed E-state index contributed by atoms with van der Waals surface area (Å²) in [7, 11) is 2.03. The fraction of sp³-hybridized carbons (Fsp3) is 0.750. The Bertz CT molecular complexity index is 283. The zero-order valence-electron chi connectivity index (χ0n) is 9.82. The van der Waals surface area contributed by atoms with Crippen LogP contribution in [0, 0.1) is 0 Å². The Balaban J connectivity index is 1.80. The summed E-state index contributed by atoms with van der Waals surface area (Å²) in [5.74, 6) is 0. The first-order valence-electron chi connectivity index (χ1n) is 6.05. The van der Waals surface area contributed by atoms with Gasteiger partial charge in [-0.1, -0.05) is 0 Å². The summed E-state index contributed by atoms with van der Waals surface area (Å²) in [6.07, 6.45) is 8.22. The fourth-order valence-electron chi connectivity index (χ4n) is 2.18. The molecule has 3 nitrogen and oxygen atoms in total. The predicted octanol–water partition coefficient (Wildman–Crippen LogP) is 2.23. The topological polar surface area (TPSA) is 34.2 Å². The maximum atomic E-state index is 5.77. The molecule has 90 valence electrons. The monoisotopic (exact) mass is 240 g/mol. The summed E-state index contributed by atoms with van der Waals surface area (Å²) in [4.78, 5) is 4.33. The molecular weight excluding hydrogens is 220 g/mol. The van der Waals surface area contributed by atoms with Crippen LogP contribution in [-0.4, -0.2) is 30.8 Å². The molecule has 1 aromatic heterocycles. The Morgan fingerprint density at radius 2 is 2.56 bits per heavy atom. The second-order valence-electron chi connectivity index (χ2n) is 4.34. The van der Waals surface area contributed by atoms with Crippen molar-refractivity contribution in [3.63, 3.8) is 0 Å². The van der Waals surface area contributed by atoms with Crippen molar-refractivity contribution in [3.8, 4) is 0 Å². The molecule has 0 amide bonds. The number of thiazole rings is 1. The van der Waals surface area contributed by atoms with Crippen molar-refractivity contribution in [2.45, 2.75) is 44.2 Å². The van der Waals surface area contributed by atoms with Crippen LogP contribution >= 0.6 is 11.3 Å². The summed E-state index contributed by atoms with van der Waals surface area (Å²) in [5.41, 5.74) is 0. The summed E-state index contributed by atoms with van der Waals surface area (Å²) < 4.78 is 5.77. The van der Waals surface area contributed by atoms with Crippen molar-refractivity contribution in [2.75, 3.05) is 13.7 Å². The number of nitrogens with zero attached hydrogens (tertiary/aromatic N) is 1. The lowest BCUT2D eigenvalue weighted by atomic mass is 10.0.